The number of hydrogen-bond donors (Lipinski definition) is 2. The molecule has 5 nitrogen and oxygen atoms in total. The molecule has 2 N–H and O–H groups in total. The summed E-state index contributed by atoms with van der Waals surface area (Å²) in [5.74, 6) is -0.350. The standard InChI is InChI=1S/C19H26N2O3/c1-4-18(22)20-15-7-5-14(6-8-15)19(23)21-16-9-11-17(12-10-16)24-13(2)3/h4-8,13,16-17H,1,9-12H2,2-3H3,(H,20,22)(H,21,23). The van der Waals surface area contributed by atoms with Crippen molar-refractivity contribution >= 4 is 17.5 Å². The predicted octanol–water partition coefficient (Wildman–Crippen LogP) is 3.28. The number of hydrogen-bond acceptors (Lipinski definition) is 3. The maximum atomic E-state index is 12.3. The summed E-state index contributed by atoms with van der Waals surface area (Å²) in [5.41, 5.74) is 1.23. The summed E-state index contributed by atoms with van der Waals surface area (Å²) < 4.78 is 5.83. The molecule has 1 fully saturated rings. The highest BCUT2D eigenvalue weighted by Gasteiger charge is 2.23. The van der Waals surface area contributed by atoms with E-state index in [0.29, 0.717) is 17.4 Å². The van der Waals surface area contributed by atoms with E-state index in [2.05, 4.69) is 31.1 Å². The first-order valence-corrected chi connectivity index (χ1v) is 8.47. The van der Waals surface area contributed by atoms with E-state index in [1.54, 1.807) is 24.3 Å². The van der Waals surface area contributed by atoms with Gasteiger partial charge in [0.2, 0.25) is 5.91 Å². The van der Waals surface area contributed by atoms with Crippen molar-refractivity contribution in [2.45, 2.75) is 57.8 Å². The third-order valence-corrected chi connectivity index (χ3v) is 4.07. The summed E-state index contributed by atoms with van der Waals surface area (Å²) in [6, 6.07) is 7.04. The van der Waals surface area contributed by atoms with Gasteiger partial charge >= 0.3 is 0 Å². The zero-order valence-electron chi connectivity index (χ0n) is 14.4. The molecule has 0 heterocycles. The topological polar surface area (TPSA) is 67.4 Å². The Labute approximate surface area is 143 Å². The number of anilines is 1. The molecule has 5 heteroatoms. The van der Waals surface area contributed by atoms with Gasteiger partial charge in [-0.25, -0.2) is 0 Å². The smallest absolute Gasteiger partial charge is 0.251 e. The average molecular weight is 330 g/mol. The van der Waals surface area contributed by atoms with E-state index in [1.165, 1.54) is 6.08 Å². The van der Waals surface area contributed by atoms with Gasteiger partial charge in [0.25, 0.3) is 5.91 Å². The number of carbonyl (C=O) groups excluding carboxylic acids is 2. The normalized spacial score (nSPS) is 20.5. The second kappa shape index (κ2) is 8.64. The van der Waals surface area contributed by atoms with Crippen LogP contribution in [0, 0.1) is 0 Å². The summed E-state index contributed by atoms with van der Waals surface area (Å²) >= 11 is 0. The average Bonchev–Trinajstić information content (AvgIpc) is 2.56. The summed E-state index contributed by atoms with van der Waals surface area (Å²) in [5, 5.41) is 5.74. The molecule has 1 saturated carbocycles. The second-order valence-corrected chi connectivity index (χ2v) is 6.40. The van der Waals surface area contributed by atoms with Crippen molar-refractivity contribution in [3.8, 4) is 0 Å². The Bertz CT molecular complexity index is 573. The number of carbonyl (C=O) groups is 2. The van der Waals surface area contributed by atoms with Crippen LogP contribution in [0.25, 0.3) is 0 Å². The molecule has 0 radical (unpaired) electrons. The lowest BCUT2D eigenvalue weighted by Gasteiger charge is -2.30. The van der Waals surface area contributed by atoms with Crippen LogP contribution >= 0.6 is 0 Å². The monoisotopic (exact) mass is 330 g/mol. The van der Waals surface area contributed by atoms with Gasteiger partial charge in [0.15, 0.2) is 0 Å². The molecular formula is C19H26N2O3. The van der Waals surface area contributed by atoms with E-state index in [9.17, 15) is 9.59 Å². The molecular weight excluding hydrogens is 304 g/mol. The highest BCUT2D eigenvalue weighted by atomic mass is 16.5. The molecule has 0 aliphatic heterocycles. The maximum absolute atomic E-state index is 12.3. The highest BCUT2D eigenvalue weighted by Crippen LogP contribution is 2.22. The number of amides is 2. The van der Waals surface area contributed by atoms with Crippen molar-refractivity contribution in [3.05, 3.63) is 42.5 Å². The number of nitrogens with one attached hydrogen (secondary N) is 2. The molecule has 1 aliphatic rings. The van der Waals surface area contributed by atoms with Gasteiger partial charge in [-0.05, 0) is 69.9 Å². The van der Waals surface area contributed by atoms with Crippen molar-refractivity contribution in [2.75, 3.05) is 5.32 Å². The van der Waals surface area contributed by atoms with Gasteiger partial charge in [0, 0.05) is 17.3 Å². The zero-order chi connectivity index (χ0) is 17.5. The minimum absolute atomic E-state index is 0.0789. The minimum Gasteiger partial charge on any atom is -0.376 e. The molecule has 130 valence electrons. The molecule has 0 unspecified atom stereocenters. The van der Waals surface area contributed by atoms with Gasteiger partial charge < -0.3 is 15.4 Å². The van der Waals surface area contributed by atoms with Crippen LogP contribution in [0.5, 0.6) is 0 Å². The molecule has 0 spiro atoms. The SMILES string of the molecule is C=CC(=O)Nc1ccc(C(=O)NC2CCC(OC(C)C)CC2)cc1. The Morgan fingerprint density at radius 1 is 1.17 bits per heavy atom. The minimum atomic E-state index is -0.271. The van der Waals surface area contributed by atoms with Crippen LogP contribution in [0.2, 0.25) is 0 Å². The van der Waals surface area contributed by atoms with E-state index < -0.39 is 0 Å². The van der Waals surface area contributed by atoms with E-state index in [4.69, 9.17) is 4.74 Å². The van der Waals surface area contributed by atoms with Gasteiger partial charge in [-0.3, -0.25) is 9.59 Å². The molecule has 1 aromatic rings. The molecule has 24 heavy (non-hydrogen) atoms. The largest absolute Gasteiger partial charge is 0.376 e. The Morgan fingerprint density at radius 3 is 2.33 bits per heavy atom. The maximum Gasteiger partial charge on any atom is 0.251 e. The number of benzene rings is 1. The lowest BCUT2D eigenvalue weighted by Crippen LogP contribution is -2.39. The molecule has 1 aromatic carbocycles. The van der Waals surface area contributed by atoms with Crippen LogP contribution in [0.3, 0.4) is 0 Å². The highest BCUT2D eigenvalue weighted by molar-refractivity contribution is 5.99. The van der Waals surface area contributed by atoms with Gasteiger partial charge in [-0.1, -0.05) is 6.58 Å². The van der Waals surface area contributed by atoms with Gasteiger partial charge in [0.1, 0.15) is 0 Å². The fourth-order valence-corrected chi connectivity index (χ4v) is 2.90. The molecule has 2 amide bonds. The van der Waals surface area contributed by atoms with Crippen molar-refractivity contribution in [2.24, 2.45) is 0 Å². The third-order valence-electron chi connectivity index (χ3n) is 4.07. The fourth-order valence-electron chi connectivity index (χ4n) is 2.90. The summed E-state index contributed by atoms with van der Waals surface area (Å²) in [7, 11) is 0. The lowest BCUT2D eigenvalue weighted by molar-refractivity contribution is -0.111. The molecule has 0 aromatic heterocycles. The van der Waals surface area contributed by atoms with Crippen LogP contribution in [-0.2, 0) is 9.53 Å². The van der Waals surface area contributed by atoms with Gasteiger partial charge in [-0.2, -0.15) is 0 Å². The van der Waals surface area contributed by atoms with Crippen LogP contribution < -0.4 is 10.6 Å². The van der Waals surface area contributed by atoms with E-state index in [0.717, 1.165) is 25.7 Å². The fraction of sp³-hybridized carbons (Fsp3) is 0.474. The Morgan fingerprint density at radius 2 is 1.79 bits per heavy atom. The van der Waals surface area contributed by atoms with E-state index >= 15 is 0 Å². The predicted molar refractivity (Wildman–Crippen MR) is 95.0 cm³/mol. The Hall–Kier alpha value is -2.14. The third kappa shape index (κ3) is 5.49. The summed E-state index contributed by atoms with van der Waals surface area (Å²) in [6.45, 7) is 7.50. The second-order valence-electron chi connectivity index (χ2n) is 6.40. The van der Waals surface area contributed by atoms with E-state index in [-0.39, 0.29) is 24.0 Å². The first-order valence-electron chi connectivity index (χ1n) is 8.47. The molecule has 0 saturated heterocycles. The first kappa shape index (κ1) is 18.2. The van der Waals surface area contributed by atoms with Crippen LogP contribution in [0.4, 0.5) is 5.69 Å². The summed E-state index contributed by atoms with van der Waals surface area (Å²) in [6.07, 6.45) is 5.62. The van der Waals surface area contributed by atoms with Gasteiger partial charge in [0.05, 0.1) is 12.2 Å². The quantitative estimate of drug-likeness (QED) is 0.787. The van der Waals surface area contributed by atoms with Crippen LogP contribution in [-0.4, -0.2) is 30.1 Å². The van der Waals surface area contributed by atoms with Crippen molar-refractivity contribution < 1.29 is 14.3 Å². The van der Waals surface area contributed by atoms with Crippen LogP contribution in [0.15, 0.2) is 36.9 Å². The lowest BCUT2D eigenvalue weighted by atomic mass is 9.92. The van der Waals surface area contributed by atoms with E-state index in [1.807, 2.05) is 0 Å². The van der Waals surface area contributed by atoms with Crippen molar-refractivity contribution in [3.63, 3.8) is 0 Å². The Kier molecular flexibility index (Phi) is 6.55. The van der Waals surface area contributed by atoms with Crippen molar-refractivity contribution in [1.82, 2.24) is 5.32 Å². The first-order chi connectivity index (χ1) is 11.5. The van der Waals surface area contributed by atoms with Gasteiger partial charge in [-0.15, -0.1) is 0 Å². The number of ether oxygens (including phenoxy) is 1. The Balaban J connectivity index is 1.82. The molecule has 0 atom stereocenters. The molecule has 1 aliphatic carbocycles. The molecule has 2 rings (SSSR count). The zero-order valence-corrected chi connectivity index (χ0v) is 14.4. The molecule has 0 bridgehead atoms. The van der Waals surface area contributed by atoms with Crippen LogP contribution in [0.1, 0.15) is 49.9 Å². The summed E-state index contributed by atoms with van der Waals surface area (Å²) in [4.78, 5) is 23.6. The number of rotatable bonds is 6. The van der Waals surface area contributed by atoms with Crippen molar-refractivity contribution in [1.29, 1.82) is 0 Å².